The molecule has 0 spiro atoms. The van der Waals surface area contributed by atoms with Gasteiger partial charge in [-0.05, 0) is 29.7 Å². The highest BCUT2D eigenvalue weighted by molar-refractivity contribution is 5.82. The van der Waals surface area contributed by atoms with Gasteiger partial charge in [-0.25, -0.2) is 0 Å². The van der Waals surface area contributed by atoms with E-state index in [0.29, 0.717) is 0 Å². The lowest BCUT2D eigenvalue weighted by atomic mass is 10.00. The van der Waals surface area contributed by atoms with Crippen LogP contribution in [0.1, 0.15) is 28.6 Å². The molecule has 11 heteroatoms. The van der Waals surface area contributed by atoms with Crippen molar-refractivity contribution in [3.8, 4) is 0 Å². The molecular weight excluding hydrogens is 401 g/mol. The highest BCUT2D eigenvalue weighted by Crippen LogP contribution is 2.31. The van der Waals surface area contributed by atoms with Crippen LogP contribution in [0.5, 0.6) is 0 Å². The summed E-state index contributed by atoms with van der Waals surface area (Å²) < 4.78 is 39.3. The molecule has 158 valence electrons. The van der Waals surface area contributed by atoms with Gasteiger partial charge < -0.3 is 16.2 Å². The SMILES string of the molecule is N[C@H](Cc1ccccc1)[C@H](O)C(=O)NC(c1cccc(C(F)(F)F)c1)c1nn[nH]n1. The quantitative estimate of drug-likeness (QED) is 0.457. The Morgan fingerprint density at radius 3 is 2.53 bits per heavy atom. The van der Waals surface area contributed by atoms with Crippen LogP contribution in [0.2, 0.25) is 0 Å². The summed E-state index contributed by atoms with van der Waals surface area (Å²) in [5.41, 5.74) is 5.95. The van der Waals surface area contributed by atoms with Crippen LogP contribution in [-0.4, -0.2) is 43.8 Å². The molecule has 3 atom stereocenters. The number of carbonyl (C=O) groups is 1. The fourth-order valence-corrected chi connectivity index (χ4v) is 2.90. The van der Waals surface area contributed by atoms with Gasteiger partial charge in [0.15, 0.2) is 0 Å². The summed E-state index contributed by atoms with van der Waals surface area (Å²) in [6.07, 6.45) is -5.95. The summed E-state index contributed by atoms with van der Waals surface area (Å²) >= 11 is 0. The number of carbonyl (C=O) groups excluding carboxylic acids is 1. The number of nitrogens with zero attached hydrogens (tertiary/aromatic N) is 3. The first-order valence-corrected chi connectivity index (χ1v) is 8.94. The predicted molar refractivity (Wildman–Crippen MR) is 99.7 cm³/mol. The normalized spacial score (nSPS) is 14.7. The summed E-state index contributed by atoms with van der Waals surface area (Å²) in [5.74, 6) is -0.933. The van der Waals surface area contributed by atoms with Gasteiger partial charge in [-0.2, -0.15) is 18.4 Å². The average molecular weight is 420 g/mol. The topological polar surface area (TPSA) is 130 Å². The smallest absolute Gasteiger partial charge is 0.382 e. The number of aliphatic hydroxyl groups excluding tert-OH is 1. The van der Waals surface area contributed by atoms with E-state index in [2.05, 4.69) is 25.9 Å². The molecule has 0 aliphatic rings. The van der Waals surface area contributed by atoms with Crippen LogP contribution in [-0.2, 0) is 17.4 Å². The van der Waals surface area contributed by atoms with Crippen LogP contribution in [0.25, 0.3) is 0 Å². The second kappa shape index (κ2) is 9.01. The third-order valence-electron chi connectivity index (χ3n) is 4.44. The molecule has 1 unspecified atom stereocenters. The minimum atomic E-state index is -4.57. The van der Waals surface area contributed by atoms with Crippen molar-refractivity contribution in [2.75, 3.05) is 0 Å². The van der Waals surface area contributed by atoms with E-state index in [0.717, 1.165) is 17.7 Å². The average Bonchev–Trinajstić information content (AvgIpc) is 3.26. The lowest BCUT2D eigenvalue weighted by Crippen LogP contribution is -2.48. The third-order valence-corrected chi connectivity index (χ3v) is 4.44. The zero-order valence-corrected chi connectivity index (χ0v) is 15.5. The largest absolute Gasteiger partial charge is 0.416 e. The highest BCUT2D eigenvalue weighted by atomic mass is 19.4. The van der Waals surface area contributed by atoms with E-state index in [-0.39, 0.29) is 17.8 Å². The van der Waals surface area contributed by atoms with Gasteiger partial charge in [0, 0.05) is 6.04 Å². The van der Waals surface area contributed by atoms with E-state index in [1.54, 1.807) is 24.3 Å². The maximum atomic E-state index is 13.1. The molecule has 30 heavy (non-hydrogen) atoms. The number of halogens is 3. The number of benzene rings is 2. The van der Waals surface area contributed by atoms with Crippen LogP contribution >= 0.6 is 0 Å². The maximum absolute atomic E-state index is 13.1. The Bertz CT molecular complexity index is 966. The second-order valence-corrected chi connectivity index (χ2v) is 6.63. The number of alkyl halides is 3. The Balaban J connectivity index is 1.80. The molecule has 0 saturated carbocycles. The number of rotatable bonds is 7. The molecular formula is C19H19F3N6O2. The van der Waals surface area contributed by atoms with E-state index in [1.807, 2.05) is 6.07 Å². The lowest BCUT2D eigenvalue weighted by molar-refractivity contribution is -0.137. The monoisotopic (exact) mass is 420 g/mol. The van der Waals surface area contributed by atoms with Gasteiger partial charge in [0.2, 0.25) is 5.82 Å². The van der Waals surface area contributed by atoms with Crippen molar-refractivity contribution in [3.05, 3.63) is 77.1 Å². The third kappa shape index (κ3) is 5.19. The van der Waals surface area contributed by atoms with Crippen LogP contribution in [0, 0.1) is 0 Å². The maximum Gasteiger partial charge on any atom is 0.416 e. The van der Waals surface area contributed by atoms with Crippen LogP contribution in [0.4, 0.5) is 13.2 Å². The number of amides is 1. The zero-order valence-electron chi connectivity index (χ0n) is 15.5. The Kier molecular flexibility index (Phi) is 6.43. The Hall–Kier alpha value is -3.31. The van der Waals surface area contributed by atoms with Crippen LogP contribution in [0.3, 0.4) is 0 Å². The molecule has 0 bridgehead atoms. The molecule has 1 aromatic heterocycles. The van der Waals surface area contributed by atoms with Gasteiger partial charge in [-0.3, -0.25) is 4.79 Å². The predicted octanol–water partition coefficient (Wildman–Crippen LogP) is 1.35. The Labute approximate surface area is 169 Å². The van der Waals surface area contributed by atoms with Crippen molar-refractivity contribution in [1.29, 1.82) is 0 Å². The fraction of sp³-hybridized carbons (Fsp3) is 0.263. The van der Waals surface area contributed by atoms with Crippen LogP contribution in [0.15, 0.2) is 54.6 Å². The number of hydrogen-bond donors (Lipinski definition) is 4. The minimum Gasteiger partial charge on any atom is -0.382 e. The van der Waals surface area contributed by atoms with E-state index in [4.69, 9.17) is 5.73 Å². The number of aliphatic hydroxyl groups is 1. The molecule has 0 saturated heterocycles. The van der Waals surface area contributed by atoms with Gasteiger partial charge >= 0.3 is 6.18 Å². The van der Waals surface area contributed by atoms with E-state index >= 15 is 0 Å². The van der Waals surface area contributed by atoms with Crippen molar-refractivity contribution >= 4 is 5.91 Å². The van der Waals surface area contributed by atoms with E-state index in [1.165, 1.54) is 12.1 Å². The van der Waals surface area contributed by atoms with Crippen molar-refractivity contribution < 1.29 is 23.1 Å². The Morgan fingerprint density at radius 2 is 1.90 bits per heavy atom. The fourth-order valence-electron chi connectivity index (χ4n) is 2.90. The van der Waals surface area contributed by atoms with Gasteiger partial charge in [-0.15, -0.1) is 10.2 Å². The molecule has 8 nitrogen and oxygen atoms in total. The van der Waals surface area contributed by atoms with Gasteiger partial charge in [0.05, 0.1) is 5.56 Å². The molecule has 0 fully saturated rings. The molecule has 0 radical (unpaired) electrons. The second-order valence-electron chi connectivity index (χ2n) is 6.63. The van der Waals surface area contributed by atoms with Gasteiger partial charge in [0.25, 0.3) is 5.91 Å². The number of tetrazole rings is 1. The molecule has 2 aromatic carbocycles. The molecule has 1 amide bonds. The molecule has 3 rings (SSSR count). The number of H-pyrrole nitrogens is 1. The molecule has 3 aromatic rings. The molecule has 0 aliphatic heterocycles. The Morgan fingerprint density at radius 1 is 1.17 bits per heavy atom. The first-order valence-electron chi connectivity index (χ1n) is 8.94. The van der Waals surface area contributed by atoms with E-state index < -0.39 is 35.8 Å². The van der Waals surface area contributed by atoms with Crippen molar-refractivity contribution in [3.63, 3.8) is 0 Å². The highest BCUT2D eigenvalue weighted by Gasteiger charge is 2.33. The summed E-state index contributed by atoms with van der Waals surface area (Å²) in [7, 11) is 0. The molecule has 0 aliphatic carbocycles. The van der Waals surface area contributed by atoms with Crippen LogP contribution < -0.4 is 11.1 Å². The van der Waals surface area contributed by atoms with Gasteiger partial charge in [0.1, 0.15) is 12.1 Å². The summed E-state index contributed by atoms with van der Waals surface area (Å²) in [4.78, 5) is 12.6. The minimum absolute atomic E-state index is 0.0634. The number of nitrogens with two attached hydrogens (primary N) is 1. The van der Waals surface area contributed by atoms with Crippen molar-refractivity contribution in [2.45, 2.75) is 30.8 Å². The standard InChI is InChI=1S/C19H19F3N6O2/c20-19(21,22)13-8-4-7-12(10-13)15(17-25-27-28-26-17)24-18(30)16(29)14(23)9-11-5-2-1-3-6-11/h1-8,10,14-16,29H,9,23H2,(H,24,30)(H,25,26,27,28)/t14-,15?,16+/m1/s1. The number of hydrogen-bond acceptors (Lipinski definition) is 6. The van der Waals surface area contributed by atoms with E-state index in [9.17, 15) is 23.1 Å². The lowest BCUT2D eigenvalue weighted by Gasteiger charge is -2.22. The summed E-state index contributed by atoms with van der Waals surface area (Å²) in [6.45, 7) is 0. The van der Waals surface area contributed by atoms with Gasteiger partial charge in [-0.1, -0.05) is 47.7 Å². The zero-order chi connectivity index (χ0) is 21.7. The number of aromatic nitrogens is 4. The molecule has 1 heterocycles. The summed E-state index contributed by atoms with van der Waals surface area (Å²) in [5, 5.41) is 25.9. The van der Waals surface area contributed by atoms with Crippen molar-refractivity contribution in [1.82, 2.24) is 25.9 Å². The molecule has 5 N–H and O–H groups in total. The first-order chi connectivity index (χ1) is 14.3. The van der Waals surface area contributed by atoms with Crippen molar-refractivity contribution in [2.24, 2.45) is 5.73 Å². The first kappa shape index (κ1) is 21.4. The number of nitrogens with one attached hydrogen (secondary N) is 2. The number of aromatic amines is 1. The summed E-state index contributed by atoms with van der Waals surface area (Å²) in [6, 6.07) is 11.3.